The summed E-state index contributed by atoms with van der Waals surface area (Å²) >= 11 is 1.44. The van der Waals surface area contributed by atoms with E-state index in [1.807, 2.05) is 0 Å². The fourth-order valence-electron chi connectivity index (χ4n) is 2.36. The second-order valence-corrected chi connectivity index (χ2v) is 7.34. The van der Waals surface area contributed by atoms with Crippen LogP contribution in [0.15, 0.2) is 0 Å². The molecule has 0 radical (unpaired) electrons. The lowest BCUT2D eigenvalue weighted by atomic mass is 9.96. The molecular formula is C13H24N4OS. The summed E-state index contributed by atoms with van der Waals surface area (Å²) in [6, 6.07) is 0.325. The molecule has 0 amide bonds. The number of hydrogen-bond acceptors (Lipinski definition) is 6. The van der Waals surface area contributed by atoms with Gasteiger partial charge in [0, 0.05) is 36.1 Å². The molecule has 1 N–H and O–H groups in total. The Balaban J connectivity index is 2.17. The number of β-amino-alcohol motifs (C(OH)–C–C–N with tert-alkyl or cyclic N) is 1. The van der Waals surface area contributed by atoms with Gasteiger partial charge in [0.25, 0.3) is 0 Å². The molecular weight excluding hydrogens is 260 g/mol. The van der Waals surface area contributed by atoms with E-state index in [2.05, 4.69) is 54.0 Å². The normalized spacial score (nSPS) is 24.5. The summed E-state index contributed by atoms with van der Waals surface area (Å²) in [5, 5.41) is 10.8. The van der Waals surface area contributed by atoms with Gasteiger partial charge in [-0.25, -0.2) is 4.98 Å². The van der Waals surface area contributed by atoms with Crippen molar-refractivity contribution in [3.8, 4) is 0 Å². The van der Waals surface area contributed by atoms with Crippen molar-refractivity contribution in [2.45, 2.75) is 44.8 Å². The fourth-order valence-corrected chi connectivity index (χ4v) is 3.30. The molecule has 2 unspecified atom stereocenters. The smallest absolute Gasteiger partial charge is 0.205 e. The summed E-state index contributed by atoms with van der Waals surface area (Å²) in [6.07, 6.45) is 0.551. The number of aliphatic hydroxyl groups excluding tert-OH is 1. The summed E-state index contributed by atoms with van der Waals surface area (Å²) in [6.45, 7) is 7.96. The summed E-state index contributed by atoms with van der Waals surface area (Å²) < 4.78 is 4.46. The molecule has 1 aromatic heterocycles. The highest BCUT2D eigenvalue weighted by molar-refractivity contribution is 7.09. The van der Waals surface area contributed by atoms with E-state index in [-0.39, 0.29) is 11.5 Å². The molecule has 0 saturated carbocycles. The summed E-state index contributed by atoms with van der Waals surface area (Å²) in [7, 11) is 4.12. The Hall–Kier alpha value is -0.720. The van der Waals surface area contributed by atoms with Crippen molar-refractivity contribution < 1.29 is 5.11 Å². The first-order chi connectivity index (χ1) is 8.77. The molecule has 2 heterocycles. The molecule has 0 bridgehead atoms. The second-order valence-electron chi connectivity index (χ2n) is 6.61. The number of nitrogens with zero attached hydrogens (tertiary/aromatic N) is 4. The maximum absolute atomic E-state index is 9.91. The van der Waals surface area contributed by atoms with E-state index in [0.717, 1.165) is 23.9 Å². The molecule has 6 heteroatoms. The largest absolute Gasteiger partial charge is 0.391 e. The van der Waals surface area contributed by atoms with Crippen molar-refractivity contribution in [2.75, 3.05) is 32.1 Å². The minimum atomic E-state index is -0.257. The molecule has 1 aliphatic rings. The van der Waals surface area contributed by atoms with E-state index >= 15 is 0 Å². The number of hydrogen-bond donors (Lipinski definition) is 1. The molecule has 0 spiro atoms. The van der Waals surface area contributed by atoms with Crippen molar-refractivity contribution in [1.29, 1.82) is 0 Å². The van der Waals surface area contributed by atoms with Crippen LogP contribution in [0.4, 0.5) is 5.13 Å². The highest BCUT2D eigenvalue weighted by Crippen LogP contribution is 2.30. The lowest BCUT2D eigenvalue weighted by molar-refractivity contribution is 0.191. The van der Waals surface area contributed by atoms with Crippen molar-refractivity contribution in [3.63, 3.8) is 0 Å². The maximum atomic E-state index is 9.91. The highest BCUT2D eigenvalue weighted by atomic mass is 32.1. The van der Waals surface area contributed by atoms with Crippen LogP contribution in [0.1, 0.15) is 33.0 Å². The molecule has 0 aromatic carbocycles. The number of rotatable bonds is 3. The lowest BCUT2D eigenvalue weighted by Crippen LogP contribution is -2.37. The van der Waals surface area contributed by atoms with Crippen molar-refractivity contribution in [3.05, 3.63) is 5.82 Å². The summed E-state index contributed by atoms with van der Waals surface area (Å²) in [4.78, 5) is 9.02. The molecule has 2 atom stereocenters. The van der Waals surface area contributed by atoms with Crippen LogP contribution in [0, 0.1) is 0 Å². The SMILES string of the molecule is CN(C)CC1CC(O)CN1c1nc(C(C)(C)C)ns1. The van der Waals surface area contributed by atoms with E-state index in [0.29, 0.717) is 12.6 Å². The van der Waals surface area contributed by atoms with Crippen LogP contribution in [0.25, 0.3) is 0 Å². The van der Waals surface area contributed by atoms with Gasteiger partial charge in [0.05, 0.1) is 6.10 Å². The Kier molecular flexibility index (Phi) is 4.13. The van der Waals surface area contributed by atoms with Gasteiger partial charge in [-0.05, 0) is 20.5 Å². The molecule has 5 nitrogen and oxygen atoms in total. The predicted molar refractivity (Wildman–Crippen MR) is 78.9 cm³/mol. The second kappa shape index (κ2) is 5.34. The van der Waals surface area contributed by atoms with Gasteiger partial charge in [0.15, 0.2) is 0 Å². The fraction of sp³-hybridized carbons (Fsp3) is 0.846. The van der Waals surface area contributed by atoms with Crippen LogP contribution < -0.4 is 4.90 Å². The van der Waals surface area contributed by atoms with E-state index < -0.39 is 0 Å². The standard InChI is InChI=1S/C13H24N4OS/c1-13(2,3)11-14-12(19-15-11)17-8-10(18)6-9(17)7-16(4)5/h9-10,18H,6-8H2,1-5H3. The zero-order valence-electron chi connectivity index (χ0n) is 12.4. The van der Waals surface area contributed by atoms with Crippen LogP contribution in [0.2, 0.25) is 0 Å². The zero-order valence-corrected chi connectivity index (χ0v) is 13.2. The van der Waals surface area contributed by atoms with Gasteiger partial charge >= 0.3 is 0 Å². The number of aromatic nitrogens is 2. The number of likely N-dealkylation sites (N-methyl/N-ethyl adjacent to an activating group) is 1. The Labute approximate surface area is 119 Å². The first kappa shape index (κ1) is 14.7. The van der Waals surface area contributed by atoms with Gasteiger partial charge < -0.3 is 14.9 Å². The van der Waals surface area contributed by atoms with E-state index in [4.69, 9.17) is 0 Å². The Morgan fingerprint density at radius 3 is 2.63 bits per heavy atom. The Morgan fingerprint density at radius 1 is 1.42 bits per heavy atom. The van der Waals surface area contributed by atoms with E-state index in [1.165, 1.54) is 11.5 Å². The third kappa shape index (κ3) is 3.43. The highest BCUT2D eigenvalue weighted by Gasteiger charge is 2.34. The number of anilines is 1. The van der Waals surface area contributed by atoms with Gasteiger partial charge in [-0.1, -0.05) is 20.8 Å². The van der Waals surface area contributed by atoms with E-state index in [1.54, 1.807) is 0 Å². The molecule has 1 aromatic rings. The van der Waals surface area contributed by atoms with Crippen LogP contribution in [-0.2, 0) is 5.41 Å². The minimum absolute atomic E-state index is 0.0237. The Morgan fingerprint density at radius 2 is 2.11 bits per heavy atom. The van der Waals surface area contributed by atoms with Gasteiger partial charge in [-0.2, -0.15) is 4.37 Å². The molecule has 1 fully saturated rings. The molecule has 108 valence electrons. The van der Waals surface area contributed by atoms with Crippen LogP contribution in [0.3, 0.4) is 0 Å². The van der Waals surface area contributed by atoms with Gasteiger partial charge in [0.2, 0.25) is 5.13 Å². The van der Waals surface area contributed by atoms with Crippen LogP contribution >= 0.6 is 11.5 Å². The molecule has 1 saturated heterocycles. The van der Waals surface area contributed by atoms with Crippen molar-refractivity contribution in [2.24, 2.45) is 0 Å². The third-order valence-electron chi connectivity index (χ3n) is 3.30. The van der Waals surface area contributed by atoms with E-state index in [9.17, 15) is 5.11 Å². The van der Waals surface area contributed by atoms with Crippen LogP contribution in [-0.4, -0.2) is 58.7 Å². The van der Waals surface area contributed by atoms with Gasteiger partial charge in [-0.3, -0.25) is 0 Å². The van der Waals surface area contributed by atoms with Crippen molar-refractivity contribution in [1.82, 2.24) is 14.3 Å². The topological polar surface area (TPSA) is 52.5 Å². The monoisotopic (exact) mass is 284 g/mol. The predicted octanol–water partition coefficient (Wildman–Crippen LogP) is 1.34. The number of aliphatic hydroxyl groups is 1. The van der Waals surface area contributed by atoms with Gasteiger partial charge in [0.1, 0.15) is 5.82 Å². The average molecular weight is 284 g/mol. The minimum Gasteiger partial charge on any atom is -0.391 e. The lowest BCUT2D eigenvalue weighted by Gasteiger charge is -2.25. The van der Waals surface area contributed by atoms with Crippen LogP contribution in [0.5, 0.6) is 0 Å². The maximum Gasteiger partial charge on any atom is 0.205 e. The van der Waals surface area contributed by atoms with Crippen molar-refractivity contribution >= 4 is 16.7 Å². The molecule has 19 heavy (non-hydrogen) atoms. The average Bonchev–Trinajstić information content (AvgIpc) is 2.82. The summed E-state index contributed by atoms with van der Waals surface area (Å²) in [5.41, 5.74) is -0.0237. The first-order valence-electron chi connectivity index (χ1n) is 6.71. The molecule has 2 rings (SSSR count). The third-order valence-corrected chi connectivity index (χ3v) is 4.05. The zero-order chi connectivity index (χ0) is 14.2. The van der Waals surface area contributed by atoms with Gasteiger partial charge in [-0.15, -0.1) is 0 Å². The summed E-state index contributed by atoms with van der Waals surface area (Å²) in [5.74, 6) is 0.887. The quantitative estimate of drug-likeness (QED) is 0.907. The Bertz CT molecular complexity index is 427. The molecule has 0 aliphatic carbocycles. The molecule has 1 aliphatic heterocycles. The first-order valence-corrected chi connectivity index (χ1v) is 7.48.